The van der Waals surface area contributed by atoms with Crippen LogP contribution in [0.3, 0.4) is 0 Å². The molecule has 1 N–H and O–H groups in total. The molecule has 1 aromatic carbocycles. The molecule has 166 valence electrons. The van der Waals surface area contributed by atoms with Gasteiger partial charge in [-0.3, -0.25) is 4.57 Å². The van der Waals surface area contributed by atoms with Crippen LogP contribution in [-0.4, -0.2) is 49.9 Å². The van der Waals surface area contributed by atoms with Gasteiger partial charge in [-0.1, -0.05) is 55.9 Å². The largest absolute Gasteiger partial charge is 0.464 e. The zero-order chi connectivity index (χ0) is 22.7. The van der Waals surface area contributed by atoms with E-state index in [1.54, 1.807) is 4.57 Å². The lowest BCUT2D eigenvalue weighted by molar-refractivity contribution is 0.0540. The quantitative estimate of drug-likeness (QED) is 0.277. The fraction of sp³-hybridized carbons (Fsp3) is 0.409. The van der Waals surface area contributed by atoms with Crippen molar-refractivity contribution in [2.75, 3.05) is 20.3 Å². The number of methoxy groups -OCH3 is 1. The second-order valence-corrected chi connectivity index (χ2v) is 13.6. The van der Waals surface area contributed by atoms with Crippen molar-refractivity contribution < 1.29 is 23.8 Å². The number of carbonyl (C=O) groups is 2. The Labute approximate surface area is 183 Å². The Bertz CT molecular complexity index is 926. The number of amides is 1. The van der Waals surface area contributed by atoms with Crippen molar-refractivity contribution in [2.45, 2.75) is 39.0 Å². The monoisotopic (exact) mass is 443 g/mol. The van der Waals surface area contributed by atoms with Crippen LogP contribution in [0.15, 0.2) is 36.7 Å². The number of nitrogens with zero attached hydrogens (tertiary/aromatic N) is 2. The molecule has 8 nitrogen and oxygen atoms in total. The van der Waals surface area contributed by atoms with Crippen molar-refractivity contribution in [1.82, 2.24) is 14.9 Å². The Kier molecular flexibility index (Phi) is 9.30. The first-order valence-corrected chi connectivity index (χ1v) is 13.7. The lowest BCUT2D eigenvalue weighted by Crippen LogP contribution is -2.24. The second kappa shape index (κ2) is 11.9. The topological polar surface area (TPSA) is 91.7 Å². The van der Waals surface area contributed by atoms with Crippen LogP contribution < -0.4 is 5.32 Å². The number of hydrogen-bond donors (Lipinski definition) is 1. The molecule has 31 heavy (non-hydrogen) atoms. The normalized spacial score (nSPS) is 10.7. The molecule has 0 saturated heterocycles. The summed E-state index contributed by atoms with van der Waals surface area (Å²) >= 11 is 0. The number of aromatic nitrogens is 2. The van der Waals surface area contributed by atoms with Gasteiger partial charge in [0, 0.05) is 14.7 Å². The average molecular weight is 444 g/mol. The smallest absolute Gasteiger partial charge is 0.408 e. The van der Waals surface area contributed by atoms with Gasteiger partial charge in [-0.25, -0.2) is 14.6 Å². The van der Waals surface area contributed by atoms with E-state index in [0.29, 0.717) is 6.61 Å². The number of imidazole rings is 1. The molecule has 0 unspecified atom stereocenters. The SMILES string of the molecule is COC(=O)c1c(C#CCNC(=O)OCc2ccccc2)ncn1COCC[Si](C)(C)C. The molecule has 1 aromatic heterocycles. The third-order valence-corrected chi connectivity index (χ3v) is 5.89. The third kappa shape index (κ3) is 8.66. The van der Waals surface area contributed by atoms with E-state index in [1.165, 1.54) is 13.4 Å². The highest BCUT2D eigenvalue weighted by Gasteiger charge is 2.19. The first kappa shape index (κ1) is 24.2. The maximum atomic E-state index is 12.2. The first-order chi connectivity index (χ1) is 14.8. The Hall–Kier alpha value is -3.09. The Morgan fingerprint density at radius 1 is 1.19 bits per heavy atom. The predicted molar refractivity (Wildman–Crippen MR) is 119 cm³/mol. The zero-order valence-electron chi connectivity index (χ0n) is 18.4. The van der Waals surface area contributed by atoms with Crippen LogP contribution in [-0.2, 0) is 27.5 Å². The highest BCUT2D eigenvalue weighted by Crippen LogP contribution is 2.11. The minimum atomic E-state index is -1.20. The van der Waals surface area contributed by atoms with E-state index < -0.39 is 20.1 Å². The van der Waals surface area contributed by atoms with E-state index in [9.17, 15) is 9.59 Å². The molecule has 0 fully saturated rings. The van der Waals surface area contributed by atoms with Crippen LogP contribution in [0.25, 0.3) is 0 Å². The van der Waals surface area contributed by atoms with Crippen LogP contribution in [0.4, 0.5) is 4.79 Å². The van der Waals surface area contributed by atoms with E-state index in [0.717, 1.165) is 11.6 Å². The second-order valence-electron chi connectivity index (χ2n) is 7.97. The Morgan fingerprint density at radius 3 is 2.61 bits per heavy atom. The molecule has 0 aliphatic carbocycles. The number of alkyl carbamates (subject to hydrolysis) is 1. The van der Waals surface area contributed by atoms with Gasteiger partial charge in [-0.05, 0) is 17.5 Å². The average Bonchev–Trinajstić information content (AvgIpc) is 3.15. The number of rotatable bonds is 9. The van der Waals surface area contributed by atoms with Gasteiger partial charge in [0.1, 0.15) is 19.0 Å². The maximum absolute atomic E-state index is 12.2. The molecule has 1 amide bonds. The fourth-order valence-electron chi connectivity index (χ4n) is 2.44. The highest BCUT2D eigenvalue weighted by molar-refractivity contribution is 6.76. The van der Waals surface area contributed by atoms with Gasteiger partial charge in [-0.2, -0.15) is 0 Å². The van der Waals surface area contributed by atoms with Gasteiger partial charge in [0.25, 0.3) is 0 Å². The molecular formula is C22H29N3O5Si. The van der Waals surface area contributed by atoms with Crippen molar-refractivity contribution in [1.29, 1.82) is 0 Å². The van der Waals surface area contributed by atoms with Crippen molar-refractivity contribution >= 4 is 20.1 Å². The molecule has 0 spiro atoms. The van der Waals surface area contributed by atoms with Gasteiger partial charge >= 0.3 is 12.1 Å². The van der Waals surface area contributed by atoms with E-state index in [4.69, 9.17) is 14.2 Å². The van der Waals surface area contributed by atoms with Gasteiger partial charge < -0.3 is 19.5 Å². The van der Waals surface area contributed by atoms with Crippen molar-refractivity contribution in [3.8, 4) is 11.8 Å². The standard InChI is InChI=1S/C22H29N3O5Si/c1-28-21(26)20-19(24-16-25(20)17-29-13-14-31(2,3)4)11-8-12-23-22(27)30-15-18-9-6-5-7-10-18/h5-7,9-10,16H,12-15,17H2,1-4H3,(H,23,27). The minimum absolute atomic E-state index is 0.0494. The van der Waals surface area contributed by atoms with Crippen LogP contribution in [0, 0.1) is 11.8 Å². The molecular weight excluding hydrogens is 414 g/mol. The summed E-state index contributed by atoms with van der Waals surface area (Å²) in [6.45, 7) is 7.84. The number of benzene rings is 1. The van der Waals surface area contributed by atoms with Gasteiger partial charge in [-0.15, -0.1) is 0 Å². The molecule has 0 radical (unpaired) electrons. The van der Waals surface area contributed by atoms with Crippen LogP contribution in [0.5, 0.6) is 0 Å². The zero-order valence-corrected chi connectivity index (χ0v) is 19.4. The van der Waals surface area contributed by atoms with E-state index >= 15 is 0 Å². The Morgan fingerprint density at radius 2 is 1.94 bits per heavy atom. The molecule has 1 heterocycles. The third-order valence-electron chi connectivity index (χ3n) is 4.18. The van der Waals surface area contributed by atoms with E-state index in [1.807, 2.05) is 30.3 Å². The van der Waals surface area contributed by atoms with Gasteiger partial charge in [0.05, 0.1) is 20.0 Å². The predicted octanol–water partition coefficient (Wildman–Crippen LogP) is 3.26. The number of nitrogens with one attached hydrogen (secondary N) is 1. The lowest BCUT2D eigenvalue weighted by atomic mass is 10.2. The highest BCUT2D eigenvalue weighted by atomic mass is 28.3. The minimum Gasteiger partial charge on any atom is -0.464 e. The molecule has 0 aliphatic heterocycles. The number of carbonyl (C=O) groups excluding carboxylic acids is 2. The molecule has 2 aromatic rings. The summed E-state index contributed by atoms with van der Waals surface area (Å²) in [6.07, 6.45) is 0.916. The summed E-state index contributed by atoms with van der Waals surface area (Å²) in [5.74, 6) is 5.01. The lowest BCUT2D eigenvalue weighted by Gasteiger charge is -2.15. The maximum Gasteiger partial charge on any atom is 0.408 e. The number of ether oxygens (including phenoxy) is 3. The van der Waals surface area contributed by atoms with E-state index in [-0.39, 0.29) is 31.3 Å². The number of hydrogen-bond acceptors (Lipinski definition) is 6. The molecule has 9 heteroatoms. The number of esters is 1. The van der Waals surface area contributed by atoms with Crippen LogP contribution in [0.1, 0.15) is 21.7 Å². The molecule has 0 saturated carbocycles. The molecule has 0 aliphatic rings. The summed E-state index contributed by atoms with van der Waals surface area (Å²) in [4.78, 5) is 28.1. The Balaban J connectivity index is 1.89. The van der Waals surface area contributed by atoms with Crippen LogP contribution >= 0.6 is 0 Å². The summed E-state index contributed by atoms with van der Waals surface area (Å²) in [7, 11) is 0.101. The summed E-state index contributed by atoms with van der Waals surface area (Å²) in [6, 6.07) is 10.4. The van der Waals surface area contributed by atoms with Crippen molar-refractivity contribution in [2.24, 2.45) is 0 Å². The fourth-order valence-corrected chi connectivity index (χ4v) is 3.20. The molecule has 2 rings (SSSR count). The van der Waals surface area contributed by atoms with Crippen molar-refractivity contribution in [3.05, 3.63) is 53.6 Å². The molecule has 0 atom stereocenters. The first-order valence-electron chi connectivity index (χ1n) is 9.95. The summed E-state index contributed by atoms with van der Waals surface area (Å²) in [5.41, 5.74) is 1.37. The van der Waals surface area contributed by atoms with Gasteiger partial charge in [0.15, 0.2) is 5.69 Å². The van der Waals surface area contributed by atoms with Crippen molar-refractivity contribution in [3.63, 3.8) is 0 Å². The van der Waals surface area contributed by atoms with Gasteiger partial charge in [0.2, 0.25) is 0 Å². The summed E-state index contributed by atoms with van der Waals surface area (Å²) < 4.78 is 17.2. The summed E-state index contributed by atoms with van der Waals surface area (Å²) in [5, 5.41) is 2.54. The van der Waals surface area contributed by atoms with E-state index in [2.05, 4.69) is 41.8 Å². The van der Waals surface area contributed by atoms with Crippen LogP contribution in [0.2, 0.25) is 25.7 Å². The molecule has 0 bridgehead atoms.